The first kappa shape index (κ1) is 19.7. The van der Waals surface area contributed by atoms with Crippen LogP contribution in [0.1, 0.15) is 64.7 Å². The Labute approximate surface area is 129 Å². The van der Waals surface area contributed by atoms with Crippen molar-refractivity contribution in [2.24, 2.45) is 0 Å². The second-order valence-corrected chi connectivity index (χ2v) is 5.14. The minimum Gasteiger partial charge on any atom is -0.550 e. The molecule has 21 heavy (non-hydrogen) atoms. The molecule has 0 aliphatic carbocycles. The quantitative estimate of drug-likeness (QED) is 0.419. The van der Waals surface area contributed by atoms with E-state index < -0.39 is 5.97 Å². The van der Waals surface area contributed by atoms with Gasteiger partial charge in [0.2, 0.25) is 0 Å². The van der Waals surface area contributed by atoms with E-state index in [9.17, 15) is 15.0 Å². The fourth-order valence-corrected chi connectivity index (χ4v) is 1.86. The van der Waals surface area contributed by atoms with Crippen molar-refractivity contribution in [3.8, 4) is 0 Å². The zero-order valence-electron chi connectivity index (χ0n) is 13.2. The molecule has 0 aromatic rings. The van der Waals surface area contributed by atoms with E-state index in [4.69, 9.17) is 0 Å². The van der Waals surface area contributed by atoms with Crippen LogP contribution in [-0.4, -0.2) is 17.2 Å². The second kappa shape index (κ2) is 15.0. The summed E-state index contributed by atoms with van der Waals surface area (Å²) in [5.74, 6) is -0.972. The first-order valence-corrected chi connectivity index (χ1v) is 7.99. The molecule has 3 heteroatoms. The van der Waals surface area contributed by atoms with Gasteiger partial charge in [0.1, 0.15) is 0 Å². The lowest BCUT2D eigenvalue weighted by molar-refractivity contribution is -0.305. The van der Waals surface area contributed by atoms with Gasteiger partial charge in [0.25, 0.3) is 0 Å². The topological polar surface area (TPSA) is 60.4 Å². The van der Waals surface area contributed by atoms with Gasteiger partial charge >= 0.3 is 0 Å². The van der Waals surface area contributed by atoms with Crippen LogP contribution >= 0.6 is 0 Å². The van der Waals surface area contributed by atoms with Crippen LogP contribution in [0, 0.1) is 0 Å². The van der Waals surface area contributed by atoms with Crippen LogP contribution in [0.15, 0.2) is 36.5 Å². The number of aliphatic hydroxyl groups is 1. The minimum absolute atomic E-state index is 0.145. The van der Waals surface area contributed by atoms with Crippen LogP contribution in [0.5, 0.6) is 0 Å². The molecule has 0 fully saturated rings. The van der Waals surface area contributed by atoms with Gasteiger partial charge in [0, 0.05) is 5.97 Å². The van der Waals surface area contributed by atoms with E-state index in [0.29, 0.717) is 12.8 Å². The maximum absolute atomic E-state index is 10.2. The average molecular weight is 293 g/mol. The Morgan fingerprint density at radius 1 is 1.05 bits per heavy atom. The van der Waals surface area contributed by atoms with Gasteiger partial charge in [0.05, 0.1) is 6.10 Å². The zero-order valence-corrected chi connectivity index (χ0v) is 13.2. The Balaban J connectivity index is 3.45. The largest absolute Gasteiger partial charge is 0.550 e. The number of aliphatic hydroxyl groups excluding tert-OH is 1. The van der Waals surface area contributed by atoms with Gasteiger partial charge in [-0.2, -0.15) is 0 Å². The Bertz CT molecular complexity index is 329. The maximum atomic E-state index is 10.2. The Hall–Kier alpha value is -1.35. The van der Waals surface area contributed by atoms with Crippen LogP contribution in [0.2, 0.25) is 0 Å². The summed E-state index contributed by atoms with van der Waals surface area (Å²) >= 11 is 0. The van der Waals surface area contributed by atoms with Crippen LogP contribution in [-0.2, 0) is 4.79 Å². The molecule has 1 N–H and O–H groups in total. The van der Waals surface area contributed by atoms with Crippen molar-refractivity contribution in [3.63, 3.8) is 0 Å². The summed E-state index contributed by atoms with van der Waals surface area (Å²) in [4.78, 5) is 10.2. The van der Waals surface area contributed by atoms with Crippen molar-refractivity contribution in [1.82, 2.24) is 0 Å². The standard InChI is InChI=1S/C18H30O3/c1-2-3-4-5-8-11-14-17(19)15-12-9-6-7-10-13-16-18(20)21/h3-4,6,8-9,11,17,19H,2,5,7,10,12-16H2,1H3,(H,20,21)/p-1/b4-3-,9-6-,11-8-/t17-/m1/s1. The van der Waals surface area contributed by atoms with Crippen molar-refractivity contribution < 1.29 is 15.0 Å². The third kappa shape index (κ3) is 16.6. The molecule has 0 aromatic carbocycles. The lowest BCUT2D eigenvalue weighted by atomic mass is 10.1. The molecule has 0 spiro atoms. The minimum atomic E-state index is -0.972. The van der Waals surface area contributed by atoms with Gasteiger partial charge in [0.15, 0.2) is 0 Å². The average Bonchev–Trinajstić information content (AvgIpc) is 2.45. The molecule has 3 nitrogen and oxygen atoms in total. The molecule has 0 unspecified atom stereocenters. The summed E-state index contributed by atoms with van der Waals surface area (Å²) in [5.41, 5.74) is 0. The molecule has 1 atom stereocenters. The van der Waals surface area contributed by atoms with Crippen LogP contribution < -0.4 is 5.11 Å². The molecular formula is C18H29O3-. The molecule has 0 aromatic heterocycles. The molecule has 0 heterocycles. The van der Waals surface area contributed by atoms with Gasteiger partial charge < -0.3 is 15.0 Å². The van der Waals surface area contributed by atoms with Gasteiger partial charge in [-0.25, -0.2) is 0 Å². The number of allylic oxidation sites excluding steroid dienone is 5. The predicted octanol–water partition coefficient (Wildman–Crippen LogP) is 3.30. The smallest absolute Gasteiger partial charge is 0.0577 e. The van der Waals surface area contributed by atoms with Crippen molar-refractivity contribution in [1.29, 1.82) is 0 Å². The molecule has 0 aliphatic heterocycles. The summed E-state index contributed by atoms with van der Waals surface area (Å²) in [6.07, 6.45) is 19.2. The number of unbranched alkanes of at least 4 members (excludes halogenated alkanes) is 2. The van der Waals surface area contributed by atoms with Gasteiger partial charge in [-0.05, 0) is 57.8 Å². The molecule has 0 bridgehead atoms. The van der Waals surface area contributed by atoms with Gasteiger partial charge in [-0.15, -0.1) is 0 Å². The van der Waals surface area contributed by atoms with E-state index in [0.717, 1.165) is 38.5 Å². The summed E-state index contributed by atoms with van der Waals surface area (Å²) in [6.45, 7) is 2.11. The van der Waals surface area contributed by atoms with E-state index >= 15 is 0 Å². The van der Waals surface area contributed by atoms with Crippen LogP contribution in [0.4, 0.5) is 0 Å². The normalized spacial score (nSPS) is 13.6. The fourth-order valence-electron chi connectivity index (χ4n) is 1.86. The number of rotatable bonds is 13. The molecule has 0 saturated heterocycles. The maximum Gasteiger partial charge on any atom is 0.0577 e. The molecule has 0 radical (unpaired) electrons. The van der Waals surface area contributed by atoms with Crippen molar-refractivity contribution >= 4 is 5.97 Å². The molecule has 0 aliphatic rings. The van der Waals surface area contributed by atoms with E-state index in [2.05, 4.69) is 37.3 Å². The van der Waals surface area contributed by atoms with Gasteiger partial charge in [-0.3, -0.25) is 0 Å². The molecule has 0 rings (SSSR count). The van der Waals surface area contributed by atoms with E-state index in [-0.39, 0.29) is 12.5 Å². The number of carboxylic acids is 1. The number of aliphatic carboxylic acids is 1. The highest BCUT2D eigenvalue weighted by Gasteiger charge is 1.98. The first-order valence-electron chi connectivity index (χ1n) is 7.99. The number of carbonyl (C=O) groups excluding carboxylic acids is 1. The summed E-state index contributed by atoms with van der Waals surface area (Å²) < 4.78 is 0. The van der Waals surface area contributed by atoms with Crippen LogP contribution in [0.25, 0.3) is 0 Å². The third-order valence-electron chi connectivity index (χ3n) is 3.08. The van der Waals surface area contributed by atoms with Crippen LogP contribution in [0.3, 0.4) is 0 Å². The highest BCUT2D eigenvalue weighted by Crippen LogP contribution is 2.06. The van der Waals surface area contributed by atoms with E-state index in [1.165, 1.54) is 0 Å². The molecule has 120 valence electrons. The Morgan fingerprint density at radius 3 is 2.48 bits per heavy atom. The second-order valence-electron chi connectivity index (χ2n) is 5.14. The molecular weight excluding hydrogens is 264 g/mol. The number of hydrogen-bond donors (Lipinski definition) is 1. The Kier molecular flexibility index (Phi) is 14.1. The number of carbonyl (C=O) groups is 1. The highest BCUT2D eigenvalue weighted by atomic mass is 16.4. The van der Waals surface area contributed by atoms with Crippen molar-refractivity contribution in [2.45, 2.75) is 70.8 Å². The lowest BCUT2D eigenvalue weighted by Gasteiger charge is -2.05. The van der Waals surface area contributed by atoms with Crippen molar-refractivity contribution in [2.75, 3.05) is 0 Å². The summed E-state index contributed by atoms with van der Waals surface area (Å²) in [5, 5.41) is 20.0. The first-order chi connectivity index (χ1) is 10.2. The van der Waals surface area contributed by atoms with E-state index in [1.54, 1.807) is 0 Å². The SMILES string of the molecule is CC/C=C\C/C=C\C[C@@H](O)CC/C=C\CCCCC(=O)[O-]. The highest BCUT2D eigenvalue weighted by molar-refractivity contribution is 5.64. The number of carboxylic acid groups (broad SMARTS) is 1. The lowest BCUT2D eigenvalue weighted by Crippen LogP contribution is -2.21. The monoisotopic (exact) mass is 293 g/mol. The van der Waals surface area contributed by atoms with Crippen molar-refractivity contribution in [3.05, 3.63) is 36.5 Å². The Morgan fingerprint density at radius 2 is 1.76 bits per heavy atom. The summed E-state index contributed by atoms with van der Waals surface area (Å²) in [6, 6.07) is 0. The number of hydrogen-bond acceptors (Lipinski definition) is 3. The fraction of sp³-hybridized carbons (Fsp3) is 0.611. The molecule has 0 saturated carbocycles. The predicted molar refractivity (Wildman–Crippen MR) is 85.7 cm³/mol. The summed E-state index contributed by atoms with van der Waals surface area (Å²) in [7, 11) is 0. The zero-order chi connectivity index (χ0) is 15.8. The van der Waals surface area contributed by atoms with E-state index in [1.807, 2.05) is 6.08 Å². The molecule has 0 amide bonds. The van der Waals surface area contributed by atoms with Gasteiger partial charge in [-0.1, -0.05) is 43.4 Å². The third-order valence-corrected chi connectivity index (χ3v) is 3.08.